The summed E-state index contributed by atoms with van der Waals surface area (Å²) in [6.45, 7) is 5.16. The van der Waals surface area contributed by atoms with Gasteiger partial charge in [-0.3, -0.25) is 9.89 Å². The Balaban J connectivity index is 1.60. The molecule has 150 valence electrons. The number of amides is 3. The summed E-state index contributed by atoms with van der Waals surface area (Å²) < 4.78 is 0. The summed E-state index contributed by atoms with van der Waals surface area (Å²) in [5.74, 6) is 0.245. The Kier molecular flexibility index (Phi) is 6.34. The van der Waals surface area contributed by atoms with E-state index in [1.54, 1.807) is 36.2 Å². The summed E-state index contributed by atoms with van der Waals surface area (Å²) in [6.07, 6.45) is 4.40. The van der Waals surface area contributed by atoms with E-state index in [0.29, 0.717) is 30.3 Å². The Labute approximate surface area is 165 Å². The molecule has 0 saturated carbocycles. The summed E-state index contributed by atoms with van der Waals surface area (Å²) in [7, 11) is 1.75. The van der Waals surface area contributed by atoms with Gasteiger partial charge in [0, 0.05) is 30.5 Å². The molecule has 0 unspecified atom stereocenters. The Morgan fingerprint density at radius 2 is 2.04 bits per heavy atom. The lowest BCUT2D eigenvalue weighted by Gasteiger charge is -2.19. The molecule has 1 aliphatic carbocycles. The quantitative estimate of drug-likeness (QED) is 0.715. The zero-order chi connectivity index (χ0) is 20.1. The number of fused-ring (bicyclic) bond motifs is 1. The maximum Gasteiger partial charge on any atom is 0.321 e. The third kappa shape index (κ3) is 4.91. The number of rotatable bonds is 6. The average molecular weight is 383 g/mol. The van der Waals surface area contributed by atoms with E-state index in [0.717, 1.165) is 18.5 Å². The van der Waals surface area contributed by atoms with Gasteiger partial charge in [-0.25, -0.2) is 4.79 Å². The Morgan fingerprint density at radius 1 is 1.25 bits per heavy atom. The van der Waals surface area contributed by atoms with Crippen molar-refractivity contribution in [3.63, 3.8) is 0 Å². The second kappa shape index (κ2) is 8.91. The van der Waals surface area contributed by atoms with Crippen molar-refractivity contribution in [3.05, 3.63) is 46.8 Å². The minimum absolute atomic E-state index is 0.138. The van der Waals surface area contributed by atoms with E-state index >= 15 is 0 Å². The molecule has 0 atom stereocenters. The summed E-state index contributed by atoms with van der Waals surface area (Å²) in [6, 6.07) is 6.75. The molecule has 0 saturated heterocycles. The number of urea groups is 1. The smallest absolute Gasteiger partial charge is 0.321 e. The number of H-pyrrole nitrogens is 1. The van der Waals surface area contributed by atoms with Crippen molar-refractivity contribution in [3.8, 4) is 0 Å². The van der Waals surface area contributed by atoms with Crippen molar-refractivity contribution in [1.29, 1.82) is 0 Å². The van der Waals surface area contributed by atoms with Gasteiger partial charge in [0.2, 0.25) is 0 Å². The van der Waals surface area contributed by atoms with E-state index in [9.17, 15) is 9.59 Å². The van der Waals surface area contributed by atoms with Crippen molar-refractivity contribution in [1.82, 2.24) is 20.4 Å². The predicted octanol–water partition coefficient (Wildman–Crippen LogP) is 3.34. The first kappa shape index (κ1) is 19.9. The minimum Gasteiger partial charge on any atom is -0.352 e. The van der Waals surface area contributed by atoms with Crippen LogP contribution in [0.25, 0.3) is 0 Å². The van der Waals surface area contributed by atoms with Gasteiger partial charge in [-0.05, 0) is 55.4 Å². The molecule has 1 heterocycles. The van der Waals surface area contributed by atoms with Gasteiger partial charge in [0.05, 0.1) is 12.2 Å². The maximum absolute atomic E-state index is 12.6. The summed E-state index contributed by atoms with van der Waals surface area (Å²) in [5.41, 5.74) is 4.53. The highest BCUT2D eigenvalue weighted by atomic mass is 16.2. The fraction of sp³-hybridized carbons (Fsp3) is 0.476. The van der Waals surface area contributed by atoms with Gasteiger partial charge in [-0.2, -0.15) is 5.10 Å². The maximum atomic E-state index is 12.6. The van der Waals surface area contributed by atoms with Crippen molar-refractivity contribution >= 4 is 17.6 Å². The van der Waals surface area contributed by atoms with Gasteiger partial charge in [-0.1, -0.05) is 19.9 Å². The number of benzene rings is 1. The van der Waals surface area contributed by atoms with E-state index in [1.165, 1.54) is 24.1 Å². The number of hydrogen-bond donors (Lipinski definition) is 3. The number of aromatic nitrogens is 2. The van der Waals surface area contributed by atoms with Crippen LogP contribution in [-0.4, -0.2) is 40.6 Å². The lowest BCUT2D eigenvalue weighted by atomic mass is 9.96. The molecule has 0 aliphatic heterocycles. The Hall–Kier alpha value is -2.83. The van der Waals surface area contributed by atoms with Gasteiger partial charge < -0.3 is 15.5 Å². The highest BCUT2D eigenvalue weighted by Crippen LogP contribution is 2.23. The number of anilines is 1. The van der Waals surface area contributed by atoms with Crippen LogP contribution in [0.1, 0.15) is 54.0 Å². The van der Waals surface area contributed by atoms with E-state index in [4.69, 9.17) is 0 Å². The predicted molar refractivity (Wildman–Crippen MR) is 109 cm³/mol. The average Bonchev–Trinajstić information content (AvgIpc) is 3.09. The topological polar surface area (TPSA) is 90.1 Å². The first-order valence-corrected chi connectivity index (χ1v) is 9.89. The number of hydrogen-bond acceptors (Lipinski definition) is 3. The minimum atomic E-state index is -0.229. The molecule has 3 amide bonds. The number of carbonyl (C=O) groups is 2. The molecule has 28 heavy (non-hydrogen) atoms. The fourth-order valence-electron chi connectivity index (χ4n) is 3.33. The van der Waals surface area contributed by atoms with Crippen LogP contribution in [0.3, 0.4) is 0 Å². The largest absolute Gasteiger partial charge is 0.352 e. The molecule has 0 spiro atoms. The molecular weight excluding hydrogens is 354 g/mol. The SMILES string of the molecule is CC(C)CNC(=O)c1cccc(NC(=O)N(C)Cc2n[nH]c3c2CCCC3)c1. The molecule has 0 bridgehead atoms. The van der Waals surface area contributed by atoms with Gasteiger partial charge >= 0.3 is 6.03 Å². The summed E-state index contributed by atoms with van der Waals surface area (Å²) in [4.78, 5) is 26.4. The normalized spacial score (nSPS) is 13.1. The third-order valence-electron chi connectivity index (χ3n) is 4.92. The van der Waals surface area contributed by atoms with Crippen LogP contribution in [0.4, 0.5) is 10.5 Å². The van der Waals surface area contributed by atoms with Crippen LogP contribution < -0.4 is 10.6 Å². The lowest BCUT2D eigenvalue weighted by Crippen LogP contribution is -2.31. The number of nitrogens with one attached hydrogen (secondary N) is 3. The third-order valence-corrected chi connectivity index (χ3v) is 4.92. The van der Waals surface area contributed by atoms with Gasteiger partial charge in [0.15, 0.2) is 0 Å². The fourth-order valence-corrected chi connectivity index (χ4v) is 3.33. The van der Waals surface area contributed by atoms with Crippen molar-refractivity contribution in [2.24, 2.45) is 5.92 Å². The molecule has 0 fully saturated rings. The highest BCUT2D eigenvalue weighted by Gasteiger charge is 2.19. The summed E-state index contributed by atoms with van der Waals surface area (Å²) >= 11 is 0. The molecule has 3 N–H and O–H groups in total. The van der Waals surface area contributed by atoms with Crippen molar-refractivity contribution in [2.45, 2.75) is 46.1 Å². The molecule has 0 radical (unpaired) electrons. The standard InChI is InChI=1S/C21H29N5O2/c1-14(2)12-22-20(27)15-7-6-8-16(11-15)23-21(28)26(3)13-19-17-9-4-5-10-18(17)24-25-19/h6-8,11,14H,4-5,9-10,12-13H2,1-3H3,(H,22,27)(H,23,28)(H,24,25). The first-order valence-electron chi connectivity index (χ1n) is 9.89. The van der Waals surface area contributed by atoms with E-state index in [-0.39, 0.29) is 11.9 Å². The number of carbonyl (C=O) groups excluding carboxylic acids is 2. The number of aromatic amines is 1. The van der Waals surface area contributed by atoms with Crippen LogP contribution in [0.15, 0.2) is 24.3 Å². The Morgan fingerprint density at radius 3 is 2.82 bits per heavy atom. The second-order valence-corrected chi connectivity index (χ2v) is 7.81. The van der Waals surface area contributed by atoms with Crippen LogP contribution in [0.5, 0.6) is 0 Å². The molecule has 7 nitrogen and oxygen atoms in total. The molecule has 1 aromatic carbocycles. The molecular formula is C21H29N5O2. The van der Waals surface area contributed by atoms with Crippen molar-refractivity contribution < 1.29 is 9.59 Å². The second-order valence-electron chi connectivity index (χ2n) is 7.81. The molecule has 1 aliphatic rings. The van der Waals surface area contributed by atoms with Gasteiger partial charge in [0.1, 0.15) is 0 Å². The van der Waals surface area contributed by atoms with Crippen LogP contribution in [-0.2, 0) is 19.4 Å². The van der Waals surface area contributed by atoms with Crippen LogP contribution in [0.2, 0.25) is 0 Å². The monoisotopic (exact) mass is 383 g/mol. The van der Waals surface area contributed by atoms with Crippen LogP contribution in [0, 0.1) is 5.92 Å². The van der Waals surface area contributed by atoms with Crippen molar-refractivity contribution in [2.75, 3.05) is 18.9 Å². The Bertz CT molecular complexity index is 843. The van der Waals surface area contributed by atoms with Gasteiger partial charge in [-0.15, -0.1) is 0 Å². The number of nitrogens with zero attached hydrogens (tertiary/aromatic N) is 2. The lowest BCUT2D eigenvalue weighted by molar-refractivity contribution is 0.0949. The molecule has 7 heteroatoms. The van der Waals surface area contributed by atoms with E-state index < -0.39 is 0 Å². The molecule has 3 rings (SSSR count). The molecule has 1 aromatic heterocycles. The zero-order valence-electron chi connectivity index (χ0n) is 16.8. The van der Waals surface area contributed by atoms with E-state index in [2.05, 4.69) is 20.8 Å². The summed E-state index contributed by atoms with van der Waals surface area (Å²) in [5, 5.41) is 13.3. The zero-order valence-corrected chi connectivity index (χ0v) is 16.8. The van der Waals surface area contributed by atoms with Crippen LogP contribution >= 0.6 is 0 Å². The highest BCUT2D eigenvalue weighted by molar-refractivity contribution is 5.96. The molecule has 2 aromatic rings. The van der Waals surface area contributed by atoms with Gasteiger partial charge in [0.25, 0.3) is 5.91 Å². The number of aryl methyl sites for hydroxylation is 1. The first-order chi connectivity index (χ1) is 13.4. The van der Waals surface area contributed by atoms with E-state index in [1.807, 2.05) is 13.8 Å².